The number of aryl methyl sites for hydroxylation is 3. The predicted octanol–water partition coefficient (Wildman–Crippen LogP) is 4.51. The van der Waals surface area contributed by atoms with Gasteiger partial charge in [-0.25, -0.2) is 4.99 Å². The monoisotopic (exact) mass is 286 g/mol. The number of fused-ring (bicyclic) bond motifs is 1. The number of pyridine rings is 1. The van der Waals surface area contributed by atoms with Crippen LogP contribution in [0.5, 0.6) is 0 Å². The van der Waals surface area contributed by atoms with Crippen molar-refractivity contribution in [3.8, 4) is 0 Å². The molecular formula is C18H26N2O. The average molecular weight is 286 g/mol. The molecule has 0 saturated carbocycles. The summed E-state index contributed by atoms with van der Waals surface area (Å²) >= 11 is 0. The highest BCUT2D eigenvalue weighted by Gasteiger charge is 2.15. The number of aromatic nitrogens is 1. The second-order valence-corrected chi connectivity index (χ2v) is 5.84. The molecule has 0 saturated heterocycles. The number of carbonyl (C=O) groups is 1. The van der Waals surface area contributed by atoms with Crippen LogP contribution in [0.1, 0.15) is 69.3 Å². The molecule has 0 aliphatic heterocycles. The number of hydrogen-bond donors (Lipinski definition) is 0. The first-order valence-electron chi connectivity index (χ1n) is 8.25. The van der Waals surface area contributed by atoms with Crippen LogP contribution in [0.4, 0.5) is 5.69 Å². The van der Waals surface area contributed by atoms with Gasteiger partial charge in [0.2, 0.25) is 0 Å². The third-order valence-electron chi connectivity index (χ3n) is 4.13. The van der Waals surface area contributed by atoms with Crippen LogP contribution in [0.3, 0.4) is 0 Å². The molecule has 0 N–H and O–H groups in total. The van der Waals surface area contributed by atoms with Crippen molar-refractivity contribution in [3.05, 3.63) is 23.0 Å². The molecule has 1 aromatic heterocycles. The number of nitrogens with zero attached hydrogens (tertiary/aromatic N) is 2. The summed E-state index contributed by atoms with van der Waals surface area (Å²) in [6, 6.07) is 2.16. The molecule has 1 aliphatic rings. The number of Topliss-reactive ketones (excluding diaryl/α,β-unsaturated/α-hetero) is 1. The molecule has 0 fully saturated rings. The van der Waals surface area contributed by atoms with Gasteiger partial charge < -0.3 is 0 Å². The quantitative estimate of drug-likeness (QED) is 0.722. The van der Waals surface area contributed by atoms with Crippen LogP contribution < -0.4 is 0 Å². The van der Waals surface area contributed by atoms with Gasteiger partial charge in [0.25, 0.3) is 0 Å². The van der Waals surface area contributed by atoms with E-state index in [2.05, 4.69) is 18.0 Å². The lowest BCUT2D eigenvalue weighted by atomic mass is 9.95. The Morgan fingerprint density at radius 2 is 2.05 bits per heavy atom. The van der Waals surface area contributed by atoms with Crippen molar-refractivity contribution < 1.29 is 4.79 Å². The zero-order valence-electron chi connectivity index (χ0n) is 13.5. The maximum Gasteiger partial charge on any atom is 0.176 e. The van der Waals surface area contributed by atoms with Gasteiger partial charge in [0.15, 0.2) is 5.78 Å². The van der Waals surface area contributed by atoms with E-state index in [1.165, 1.54) is 24.1 Å². The number of hydrogen-bond acceptors (Lipinski definition) is 3. The van der Waals surface area contributed by atoms with Gasteiger partial charge in [0.05, 0.1) is 17.1 Å². The zero-order valence-corrected chi connectivity index (χ0v) is 13.5. The van der Waals surface area contributed by atoms with Crippen molar-refractivity contribution in [1.82, 2.24) is 4.98 Å². The van der Waals surface area contributed by atoms with E-state index in [0.29, 0.717) is 6.42 Å². The van der Waals surface area contributed by atoms with Crippen LogP contribution in [0.25, 0.3) is 0 Å². The SMILES string of the molecule is CCCCC(=Nc1cc2c(nc1C)CCCC2)C(=O)CC. The minimum Gasteiger partial charge on any atom is -0.293 e. The third kappa shape index (κ3) is 3.99. The normalized spacial score (nSPS) is 14.9. The second-order valence-electron chi connectivity index (χ2n) is 5.84. The van der Waals surface area contributed by atoms with Gasteiger partial charge in [-0.2, -0.15) is 0 Å². The Hall–Kier alpha value is -1.51. The molecule has 0 radical (unpaired) electrons. The van der Waals surface area contributed by atoms with Gasteiger partial charge in [-0.1, -0.05) is 20.3 Å². The third-order valence-corrected chi connectivity index (χ3v) is 4.13. The maximum atomic E-state index is 12.1. The summed E-state index contributed by atoms with van der Waals surface area (Å²) in [4.78, 5) is 21.5. The smallest absolute Gasteiger partial charge is 0.176 e. The Balaban J connectivity index is 2.33. The van der Waals surface area contributed by atoms with E-state index in [9.17, 15) is 4.79 Å². The molecule has 0 aromatic carbocycles. The first kappa shape index (κ1) is 15.9. The first-order valence-corrected chi connectivity index (χ1v) is 8.25. The summed E-state index contributed by atoms with van der Waals surface area (Å²) in [6.45, 7) is 6.04. The molecule has 3 heteroatoms. The van der Waals surface area contributed by atoms with Gasteiger partial charge in [-0.15, -0.1) is 0 Å². The number of rotatable bonds is 6. The number of unbranched alkanes of at least 4 members (excludes halogenated alkanes) is 1. The van der Waals surface area contributed by atoms with Crippen LogP contribution in [0.15, 0.2) is 11.1 Å². The first-order chi connectivity index (χ1) is 10.2. The zero-order chi connectivity index (χ0) is 15.2. The molecule has 3 nitrogen and oxygen atoms in total. The molecule has 2 rings (SSSR count). The second kappa shape index (κ2) is 7.48. The number of ketones is 1. The summed E-state index contributed by atoms with van der Waals surface area (Å²) in [7, 11) is 0. The lowest BCUT2D eigenvalue weighted by Gasteiger charge is -2.16. The standard InChI is InChI=1S/C18H26N2O/c1-4-6-10-16(18(21)5-2)20-17-12-14-9-7-8-11-15(14)19-13(17)3/h12H,4-11H2,1-3H3. The van der Waals surface area contributed by atoms with Gasteiger partial charge in [0, 0.05) is 12.1 Å². The van der Waals surface area contributed by atoms with E-state index in [-0.39, 0.29) is 5.78 Å². The summed E-state index contributed by atoms with van der Waals surface area (Å²) in [5.74, 6) is 0.167. The van der Waals surface area contributed by atoms with Gasteiger partial charge >= 0.3 is 0 Å². The van der Waals surface area contributed by atoms with Gasteiger partial charge in [0.1, 0.15) is 0 Å². The molecule has 0 amide bonds. The van der Waals surface area contributed by atoms with Gasteiger partial charge in [-0.05, 0) is 57.1 Å². The Kier molecular flexibility index (Phi) is 5.66. The van der Waals surface area contributed by atoms with Crippen LogP contribution in [-0.4, -0.2) is 16.5 Å². The van der Waals surface area contributed by atoms with E-state index in [0.717, 1.165) is 49.2 Å². The largest absolute Gasteiger partial charge is 0.293 e. The van der Waals surface area contributed by atoms with E-state index in [4.69, 9.17) is 4.98 Å². The van der Waals surface area contributed by atoms with E-state index in [1.54, 1.807) is 0 Å². The van der Waals surface area contributed by atoms with Gasteiger partial charge in [-0.3, -0.25) is 9.78 Å². The fourth-order valence-electron chi connectivity index (χ4n) is 2.79. The minimum absolute atomic E-state index is 0.167. The lowest BCUT2D eigenvalue weighted by Crippen LogP contribution is -2.13. The highest BCUT2D eigenvalue weighted by molar-refractivity contribution is 6.40. The highest BCUT2D eigenvalue weighted by atomic mass is 16.1. The van der Waals surface area contributed by atoms with Crippen molar-refractivity contribution in [3.63, 3.8) is 0 Å². The maximum absolute atomic E-state index is 12.1. The summed E-state index contributed by atoms with van der Waals surface area (Å²) in [5, 5.41) is 0. The Bertz CT molecular complexity index is 546. The molecular weight excluding hydrogens is 260 g/mol. The molecule has 21 heavy (non-hydrogen) atoms. The van der Waals surface area contributed by atoms with Crippen molar-refractivity contribution in [2.45, 2.75) is 72.1 Å². The number of carbonyl (C=O) groups excluding carboxylic acids is 1. The molecule has 0 atom stereocenters. The molecule has 0 unspecified atom stereocenters. The Morgan fingerprint density at radius 3 is 2.76 bits per heavy atom. The van der Waals surface area contributed by atoms with E-state index >= 15 is 0 Å². The molecule has 1 aliphatic carbocycles. The van der Waals surface area contributed by atoms with Crippen LogP contribution in [0.2, 0.25) is 0 Å². The average Bonchev–Trinajstić information content (AvgIpc) is 2.51. The lowest BCUT2D eigenvalue weighted by molar-refractivity contribution is -0.112. The summed E-state index contributed by atoms with van der Waals surface area (Å²) < 4.78 is 0. The molecule has 1 heterocycles. The van der Waals surface area contributed by atoms with E-state index in [1.807, 2.05) is 13.8 Å². The predicted molar refractivity (Wildman–Crippen MR) is 87.5 cm³/mol. The number of aliphatic imine (C=N–C) groups is 1. The Morgan fingerprint density at radius 1 is 1.29 bits per heavy atom. The van der Waals surface area contributed by atoms with Crippen LogP contribution in [0, 0.1) is 6.92 Å². The van der Waals surface area contributed by atoms with Crippen LogP contribution >= 0.6 is 0 Å². The molecule has 114 valence electrons. The highest BCUT2D eigenvalue weighted by Crippen LogP contribution is 2.27. The fourth-order valence-corrected chi connectivity index (χ4v) is 2.79. The molecule has 0 spiro atoms. The molecule has 0 bridgehead atoms. The van der Waals surface area contributed by atoms with E-state index < -0.39 is 0 Å². The van der Waals surface area contributed by atoms with Crippen LogP contribution in [-0.2, 0) is 17.6 Å². The Labute approximate surface area is 127 Å². The minimum atomic E-state index is 0.167. The fraction of sp³-hybridized carbons (Fsp3) is 0.611. The van der Waals surface area contributed by atoms with Crippen molar-refractivity contribution in [1.29, 1.82) is 0 Å². The summed E-state index contributed by atoms with van der Waals surface area (Å²) in [5.41, 5.74) is 5.12. The van der Waals surface area contributed by atoms with Crippen molar-refractivity contribution >= 4 is 17.2 Å². The topological polar surface area (TPSA) is 42.3 Å². The summed E-state index contributed by atoms with van der Waals surface area (Å²) in [6.07, 6.45) is 8.04. The van der Waals surface area contributed by atoms with Crippen molar-refractivity contribution in [2.75, 3.05) is 0 Å². The van der Waals surface area contributed by atoms with Crippen molar-refractivity contribution in [2.24, 2.45) is 4.99 Å². The molecule has 1 aromatic rings.